The van der Waals surface area contributed by atoms with Crippen molar-refractivity contribution < 1.29 is 4.79 Å². The van der Waals surface area contributed by atoms with E-state index in [0.29, 0.717) is 19.5 Å². The predicted octanol–water partition coefficient (Wildman–Crippen LogP) is 0.596. The molecule has 0 aromatic carbocycles. The minimum Gasteiger partial charge on any atom is -0.360 e. The average molecular weight is 193 g/mol. The highest BCUT2D eigenvalue weighted by Crippen LogP contribution is 2.13. The van der Waals surface area contributed by atoms with Gasteiger partial charge in [-0.1, -0.05) is 0 Å². The molecule has 0 radical (unpaired) electrons. The fraction of sp³-hybridized carbons (Fsp3) is 0.500. The molecule has 0 spiro atoms. The Morgan fingerprint density at radius 2 is 2.21 bits per heavy atom. The monoisotopic (exact) mass is 193 g/mol. The molecule has 2 rings (SSSR count). The molecule has 0 unspecified atom stereocenters. The second-order valence-corrected chi connectivity index (χ2v) is 3.63. The average Bonchev–Trinajstić information content (AvgIpc) is 2.77. The zero-order chi connectivity index (χ0) is 9.97. The number of aromatic amines is 1. The summed E-state index contributed by atoms with van der Waals surface area (Å²) in [6, 6.07) is 3.96. The molecule has 1 saturated heterocycles. The topological polar surface area (TPSA) is 62.1 Å². The van der Waals surface area contributed by atoms with Gasteiger partial charge in [0.2, 0.25) is 5.91 Å². The van der Waals surface area contributed by atoms with Crippen molar-refractivity contribution in [2.45, 2.75) is 25.9 Å². The summed E-state index contributed by atoms with van der Waals surface area (Å²) in [7, 11) is 0. The van der Waals surface area contributed by atoms with Gasteiger partial charge in [0.15, 0.2) is 0 Å². The molecule has 4 nitrogen and oxygen atoms in total. The summed E-state index contributed by atoms with van der Waals surface area (Å²) in [4.78, 5) is 16.4. The Morgan fingerprint density at radius 3 is 2.79 bits per heavy atom. The van der Waals surface area contributed by atoms with Crippen LogP contribution in [0.15, 0.2) is 12.1 Å². The highest BCUT2D eigenvalue weighted by molar-refractivity contribution is 5.77. The van der Waals surface area contributed by atoms with Crippen molar-refractivity contribution in [3.8, 4) is 0 Å². The number of nitrogens with two attached hydrogens (primary N) is 1. The molecule has 3 N–H and O–H groups in total. The van der Waals surface area contributed by atoms with E-state index in [1.165, 1.54) is 0 Å². The van der Waals surface area contributed by atoms with Crippen molar-refractivity contribution >= 4 is 5.91 Å². The van der Waals surface area contributed by atoms with E-state index in [1.54, 1.807) is 0 Å². The van der Waals surface area contributed by atoms with Gasteiger partial charge in [0, 0.05) is 30.9 Å². The van der Waals surface area contributed by atoms with Crippen molar-refractivity contribution in [3.63, 3.8) is 0 Å². The number of carbonyl (C=O) groups excluding carboxylic acids is 1. The van der Waals surface area contributed by atoms with Crippen molar-refractivity contribution in [2.75, 3.05) is 6.54 Å². The molecule has 4 heteroatoms. The number of hydrogen-bond donors (Lipinski definition) is 2. The molecule has 1 aliphatic heterocycles. The second-order valence-electron chi connectivity index (χ2n) is 3.63. The molecular formula is C10H15N3O. The Balaban J connectivity index is 1.99. The first-order valence-electron chi connectivity index (χ1n) is 4.94. The van der Waals surface area contributed by atoms with Crippen LogP contribution in [0, 0.1) is 0 Å². The number of carbonyl (C=O) groups is 1. The van der Waals surface area contributed by atoms with Crippen LogP contribution >= 0.6 is 0 Å². The lowest BCUT2D eigenvalue weighted by Gasteiger charge is -2.13. The quantitative estimate of drug-likeness (QED) is 0.738. The highest BCUT2D eigenvalue weighted by atomic mass is 16.2. The van der Waals surface area contributed by atoms with E-state index < -0.39 is 0 Å². The smallest absolute Gasteiger partial charge is 0.222 e. The lowest BCUT2D eigenvalue weighted by Crippen LogP contribution is -2.24. The van der Waals surface area contributed by atoms with E-state index in [1.807, 2.05) is 17.0 Å². The van der Waals surface area contributed by atoms with Crippen molar-refractivity contribution in [3.05, 3.63) is 23.5 Å². The fourth-order valence-electron chi connectivity index (χ4n) is 1.78. The summed E-state index contributed by atoms with van der Waals surface area (Å²) in [5.41, 5.74) is 7.58. The molecule has 1 amide bonds. The Kier molecular flexibility index (Phi) is 2.54. The van der Waals surface area contributed by atoms with Crippen LogP contribution in [0.2, 0.25) is 0 Å². The molecule has 1 aromatic heterocycles. The van der Waals surface area contributed by atoms with Crippen LogP contribution in [0.3, 0.4) is 0 Å². The number of aromatic nitrogens is 1. The molecule has 1 aromatic rings. The van der Waals surface area contributed by atoms with Crippen LogP contribution < -0.4 is 5.73 Å². The Hall–Kier alpha value is -1.29. The zero-order valence-electron chi connectivity index (χ0n) is 8.12. The summed E-state index contributed by atoms with van der Waals surface area (Å²) in [6.07, 6.45) is 1.69. The van der Waals surface area contributed by atoms with Gasteiger partial charge in [-0.05, 0) is 18.6 Å². The molecule has 14 heavy (non-hydrogen) atoms. The minimum absolute atomic E-state index is 0.258. The van der Waals surface area contributed by atoms with Crippen LogP contribution in [-0.4, -0.2) is 22.3 Å². The summed E-state index contributed by atoms with van der Waals surface area (Å²) in [5.74, 6) is 0.258. The van der Waals surface area contributed by atoms with Crippen molar-refractivity contribution in [2.24, 2.45) is 5.73 Å². The molecule has 76 valence electrons. The molecule has 1 fully saturated rings. The summed E-state index contributed by atoms with van der Waals surface area (Å²) >= 11 is 0. The highest BCUT2D eigenvalue weighted by Gasteiger charge is 2.20. The Labute approximate surface area is 83.1 Å². The predicted molar refractivity (Wildman–Crippen MR) is 53.3 cm³/mol. The second kappa shape index (κ2) is 3.84. The first-order chi connectivity index (χ1) is 6.79. The SMILES string of the molecule is NCc1ccc(CN2CCCC2=O)[nH]1. The molecule has 0 aliphatic carbocycles. The van der Waals surface area contributed by atoms with Gasteiger partial charge in [-0.2, -0.15) is 0 Å². The number of nitrogens with zero attached hydrogens (tertiary/aromatic N) is 1. The molecule has 0 saturated carbocycles. The van der Waals surface area contributed by atoms with Gasteiger partial charge in [-0.15, -0.1) is 0 Å². The third-order valence-corrected chi connectivity index (χ3v) is 2.56. The van der Waals surface area contributed by atoms with Gasteiger partial charge in [-0.25, -0.2) is 0 Å². The third kappa shape index (κ3) is 1.80. The van der Waals surface area contributed by atoms with Gasteiger partial charge >= 0.3 is 0 Å². The number of rotatable bonds is 3. The van der Waals surface area contributed by atoms with Gasteiger partial charge in [0.05, 0.1) is 6.54 Å². The maximum atomic E-state index is 11.3. The molecular weight excluding hydrogens is 178 g/mol. The van der Waals surface area contributed by atoms with Gasteiger partial charge < -0.3 is 15.6 Å². The number of nitrogens with one attached hydrogen (secondary N) is 1. The van der Waals surface area contributed by atoms with Crippen LogP contribution in [0.4, 0.5) is 0 Å². The van der Waals surface area contributed by atoms with Crippen LogP contribution in [0.25, 0.3) is 0 Å². The van der Waals surface area contributed by atoms with E-state index in [2.05, 4.69) is 4.98 Å². The van der Waals surface area contributed by atoms with E-state index in [-0.39, 0.29) is 5.91 Å². The Morgan fingerprint density at radius 1 is 1.43 bits per heavy atom. The molecule has 2 heterocycles. The third-order valence-electron chi connectivity index (χ3n) is 2.56. The van der Waals surface area contributed by atoms with Crippen molar-refractivity contribution in [1.82, 2.24) is 9.88 Å². The maximum absolute atomic E-state index is 11.3. The van der Waals surface area contributed by atoms with E-state index in [9.17, 15) is 4.79 Å². The van der Waals surface area contributed by atoms with Gasteiger partial charge in [0.1, 0.15) is 0 Å². The van der Waals surface area contributed by atoms with Gasteiger partial charge in [-0.3, -0.25) is 4.79 Å². The Bertz CT molecular complexity index is 332. The lowest BCUT2D eigenvalue weighted by atomic mass is 10.4. The van der Waals surface area contributed by atoms with E-state index in [4.69, 9.17) is 5.73 Å². The van der Waals surface area contributed by atoms with Crippen LogP contribution in [0.5, 0.6) is 0 Å². The minimum atomic E-state index is 0.258. The van der Waals surface area contributed by atoms with E-state index >= 15 is 0 Å². The summed E-state index contributed by atoms with van der Waals surface area (Å²) < 4.78 is 0. The molecule has 1 aliphatic rings. The number of likely N-dealkylation sites (tertiary alicyclic amines) is 1. The van der Waals surface area contributed by atoms with Crippen molar-refractivity contribution in [1.29, 1.82) is 0 Å². The largest absolute Gasteiger partial charge is 0.360 e. The number of amides is 1. The van der Waals surface area contributed by atoms with E-state index in [0.717, 1.165) is 24.4 Å². The molecule has 0 atom stereocenters. The zero-order valence-corrected chi connectivity index (χ0v) is 8.12. The van der Waals surface area contributed by atoms with Gasteiger partial charge in [0.25, 0.3) is 0 Å². The first kappa shape index (κ1) is 9.27. The van der Waals surface area contributed by atoms with Crippen LogP contribution in [-0.2, 0) is 17.9 Å². The molecule has 0 bridgehead atoms. The number of hydrogen-bond acceptors (Lipinski definition) is 2. The number of H-pyrrole nitrogens is 1. The maximum Gasteiger partial charge on any atom is 0.222 e. The fourth-order valence-corrected chi connectivity index (χ4v) is 1.78. The first-order valence-corrected chi connectivity index (χ1v) is 4.94. The standard InChI is InChI=1S/C10H15N3O/c11-6-8-3-4-9(12-8)7-13-5-1-2-10(13)14/h3-4,12H,1-2,5-7,11H2. The van der Waals surface area contributed by atoms with Crippen LogP contribution in [0.1, 0.15) is 24.2 Å². The normalized spacial score (nSPS) is 16.6. The summed E-state index contributed by atoms with van der Waals surface area (Å²) in [5, 5.41) is 0. The summed E-state index contributed by atoms with van der Waals surface area (Å²) in [6.45, 7) is 2.10. The lowest BCUT2D eigenvalue weighted by molar-refractivity contribution is -0.128.